The number of nitriles is 1. The first kappa shape index (κ1) is 29.1. The van der Waals surface area contributed by atoms with Crippen LogP contribution in [-0.2, 0) is 6.42 Å². The van der Waals surface area contributed by atoms with Gasteiger partial charge in [-0.1, -0.05) is 87.1 Å². The summed E-state index contributed by atoms with van der Waals surface area (Å²) in [5, 5.41) is 8.62. The molecule has 2 rings (SSSR count). The zero-order chi connectivity index (χ0) is 25.5. The van der Waals surface area contributed by atoms with Crippen molar-refractivity contribution in [3.63, 3.8) is 0 Å². The average molecular weight is 475 g/mol. The van der Waals surface area contributed by atoms with E-state index in [1.54, 1.807) is 0 Å². The molecule has 2 nitrogen and oxygen atoms in total. The fraction of sp³-hybridized carbons (Fsp3) is 0.606. The van der Waals surface area contributed by atoms with Crippen LogP contribution in [0.15, 0.2) is 48.5 Å². The van der Waals surface area contributed by atoms with E-state index >= 15 is 0 Å². The van der Waals surface area contributed by atoms with Gasteiger partial charge in [0.25, 0.3) is 0 Å². The average Bonchev–Trinajstić information content (AvgIpc) is 2.84. The number of benzene rings is 2. The third-order valence-electron chi connectivity index (χ3n) is 7.43. The molecule has 0 aromatic heterocycles. The Hall–Kier alpha value is -2.11. The van der Waals surface area contributed by atoms with Gasteiger partial charge in [0.05, 0.1) is 6.07 Å². The highest BCUT2D eigenvalue weighted by atomic mass is 15.2. The molecular weight excluding hydrogens is 424 g/mol. The molecule has 0 bridgehead atoms. The van der Waals surface area contributed by atoms with Gasteiger partial charge in [0.1, 0.15) is 0 Å². The minimum atomic E-state index is 0.442. The fourth-order valence-electron chi connectivity index (χ4n) is 5.39. The van der Waals surface area contributed by atoms with E-state index in [4.69, 9.17) is 5.26 Å². The predicted octanol–water partition coefficient (Wildman–Crippen LogP) is 9.21. The molecule has 0 aliphatic heterocycles. The zero-order valence-corrected chi connectivity index (χ0v) is 23.2. The summed E-state index contributed by atoms with van der Waals surface area (Å²) in [4.78, 5) is 2.62. The van der Waals surface area contributed by atoms with E-state index in [9.17, 15) is 0 Å². The molecule has 35 heavy (non-hydrogen) atoms. The van der Waals surface area contributed by atoms with Crippen LogP contribution in [0.1, 0.15) is 120 Å². The van der Waals surface area contributed by atoms with Crippen LogP contribution in [0, 0.1) is 18.3 Å². The van der Waals surface area contributed by atoms with Gasteiger partial charge in [-0.2, -0.15) is 5.26 Å². The molecule has 0 radical (unpaired) electrons. The maximum Gasteiger partial charge on any atom is 0.0621 e. The van der Waals surface area contributed by atoms with E-state index in [1.807, 2.05) is 0 Å². The molecule has 2 heteroatoms. The van der Waals surface area contributed by atoms with Gasteiger partial charge < -0.3 is 0 Å². The van der Waals surface area contributed by atoms with Gasteiger partial charge in [0.15, 0.2) is 0 Å². The van der Waals surface area contributed by atoms with Gasteiger partial charge in [-0.15, -0.1) is 0 Å². The summed E-state index contributed by atoms with van der Waals surface area (Å²) in [6.45, 7) is 12.7. The molecular formula is C33H50N2. The number of nitrogens with zero attached hydrogens (tertiary/aromatic N) is 2. The molecule has 0 aliphatic rings. The Bertz CT molecular complexity index is 854. The number of unbranched alkanes of at least 4 members (excludes halogenated alkanes) is 8. The quantitative estimate of drug-likeness (QED) is 0.214. The molecule has 1 atom stereocenters. The second kappa shape index (κ2) is 16.5. The first-order chi connectivity index (χ1) is 16.9. The van der Waals surface area contributed by atoms with Crippen molar-refractivity contribution in [3.8, 4) is 6.07 Å². The van der Waals surface area contributed by atoms with Crippen molar-refractivity contribution in [1.82, 2.24) is 4.90 Å². The fourth-order valence-corrected chi connectivity index (χ4v) is 5.39. The zero-order valence-electron chi connectivity index (χ0n) is 23.2. The van der Waals surface area contributed by atoms with Crippen molar-refractivity contribution in [1.29, 1.82) is 5.26 Å². The van der Waals surface area contributed by atoms with Crippen LogP contribution in [-0.4, -0.2) is 23.5 Å². The Morgan fingerprint density at radius 2 is 1.37 bits per heavy atom. The second-order valence-electron chi connectivity index (χ2n) is 10.9. The lowest BCUT2D eigenvalue weighted by molar-refractivity contribution is 0.170. The van der Waals surface area contributed by atoms with Crippen molar-refractivity contribution in [2.45, 2.75) is 123 Å². The minimum Gasteiger partial charge on any atom is -0.299 e. The lowest BCUT2D eigenvalue weighted by Gasteiger charge is -2.32. The Morgan fingerprint density at radius 3 is 1.97 bits per heavy atom. The van der Waals surface area contributed by atoms with Crippen LogP contribution >= 0.6 is 0 Å². The first-order valence-corrected chi connectivity index (χ1v) is 14.2. The molecule has 0 saturated heterocycles. The van der Waals surface area contributed by atoms with Gasteiger partial charge in [-0.3, -0.25) is 4.90 Å². The van der Waals surface area contributed by atoms with Crippen molar-refractivity contribution in [3.05, 3.63) is 70.8 Å². The molecule has 0 amide bonds. The maximum atomic E-state index is 8.62. The van der Waals surface area contributed by atoms with Crippen molar-refractivity contribution >= 4 is 0 Å². The van der Waals surface area contributed by atoms with Gasteiger partial charge in [-0.05, 0) is 89.1 Å². The van der Waals surface area contributed by atoms with E-state index in [1.165, 1.54) is 73.6 Å². The number of aryl methyl sites for hydroxylation is 2. The predicted molar refractivity (Wildman–Crippen MR) is 152 cm³/mol. The normalized spacial score (nSPS) is 12.4. The van der Waals surface area contributed by atoms with Crippen molar-refractivity contribution < 1.29 is 0 Å². The van der Waals surface area contributed by atoms with E-state index in [0.29, 0.717) is 18.0 Å². The lowest BCUT2D eigenvalue weighted by Crippen LogP contribution is -2.38. The molecule has 0 aliphatic carbocycles. The SMILES string of the molecule is Cc1ccc(CCCCCCCCCCC#N)cc1[C@H](CCN(C(C)C)C(C)C)c1ccccc1. The second-order valence-corrected chi connectivity index (χ2v) is 10.9. The molecule has 0 unspecified atom stereocenters. The van der Waals surface area contributed by atoms with Crippen LogP contribution in [0.25, 0.3) is 0 Å². The van der Waals surface area contributed by atoms with Crippen LogP contribution in [0.4, 0.5) is 0 Å². The highest BCUT2D eigenvalue weighted by molar-refractivity contribution is 5.40. The summed E-state index contributed by atoms with van der Waals surface area (Å²) in [5.74, 6) is 0.442. The summed E-state index contributed by atoms with van der Waals surface area (Å²) in [6.07, 6.45) is 13.2. The van der Waals surface area contributed by atoms with E-state index in [0.717, 1.165) is 25.8 Å². The minimum absolute atomic E-state index is 0.442. The first-order valence-electron chi connectivity index (χ1n) is 14.2. The van der Waals surface area contributed by atoms with Crippen LogP contribution in [0.2, 0.25) is 0 Å². The summed E-state index contributed by atoms with van der Waals surface area (Å²) < 4.78 is 0. The third kappa shape index (κ3) is 10.6. The maximum absolute atomic E-state index is 8.62. The summed E-state index contributed by atoms with van der Waals surface area (Å²) in [7, 11) is 0. The topological polar surface area (TPSA) is 27.0 Å². The number of hydrogen-bond donors (Lipinski definition) is 0. The molecule has 0 N–H and O–H groups in total. The van der Waals surface area contributed by atoms with E-state index in [2.05, 4.69) is 94.1 Å². The molecule has 0 spiro atoms. The third-order valence-corrected chi connectivity index (χ3v) is 7.43. The highest BCUT2D eigenvalue weighted by Gasteiger charge is 2.20. The van der Waals surface area contributed by atoms with Gasteiger partial charge in [0.2, 0.25) is 0 Å². The van der Waals surface area contributed by atoms with Crippen LogP contribution in [0.5, 0.6) is 0 Å². The summed E-state index contributed by atoms with van der Waals surface area (Å²) >= 11 is 0. The standard InChI is InChI=1S/C33H50N2/c1-27(2)35(28(3)4)25-23-32(31-19-15-13-16-20-31)33-26-30(22-21-29(33)5)18-14-11-9-7-6-8-10-12-17-24-34/h13,15-16,19-22,26-28,32H,6-12,14,17-18,23,25H2,1-5H3/t32-/m1/s1. The van der Waals surface area contributed by atoms with Gasteiger partial charge >= 0.3 is 0 Å². The Morgan fingerprint density at radius 1 is 0.771 bits per heavy atom. The van der Waals surface area contributed by atoms with Crippen LogP contribution < -0.4 is 0 Å². The van der Waals surface area contributed by atoms with Gasteiger partial charge in [0, 0.05) is 24.4 Å². The molecule has 0 saturated carbocycles. The molecule has 192 valence electrons. The largest absolute Gasteiger partial charge is 0.299 e. The molecule has 2 aromatic carbocycles. The van der Waals surface area contributed by atoms with E-state index in [-0.39, 0.29) is 0 Å². The molecule has 0 fully saturated rings. The van der Waals surface area contributed by atoms with E-state index < -0.39 is 0 Å². The Kier molecular flexibility index (Phi) is 13.8. The van der Waals surface area contributed by atoms with Crippen molar-refractivity contribution in [2.24, 2.45) is 0 Å². The Labute approximate surface area is 216 Å². The van der Waals surface area contributed by atoms with Crippen LogP contribution in [0.3, 0.4) is 0 Å². The monoisotopic (exact) mass is 474 g/mol. The molecule has 2 aromatic rings. The number of hydrogen-bond acceptors (Lipinski definition) is 2. The smallest absolute Gasteiger partial charge is 0.0621 e. The number of rotatable bonds is 17. The summed E-state index contributed by atoms with van der Waals surface area (Å²) in [5.41, 5.74) is 5.86. The van der Waals surface area contributed by atoms with Gasteiger partial charge in [-0.25, -0.2) is 0 Å². The Balaban J connectivity index is 1.97. The lowest BCUT2D eigenvalue weighted by atomic mass is 9.84. The highest BCUT2D eigenvalue weighted by Crippen LogP contribution is 2.32. The molecule has 0 heterocycles. The summed E-state index contributed by atoms with van der Waals surface area (Å²) in [6, 6.07) is 21.7. The van der Waals surface area contributed by atoms with Crippen molar-refractivity contribution in [2.75, 3.05) is 6.54 Å².